The van der Waals surface area contributed by atoms with E-state index in [-0.39, 0.29) is 5.28 Å². The number of aromatic amines is 1. The van der Waals surface area contributed by atoms with Crippen LogP contribution in [-0.2, 0) is 6.54 Å². The third kappa shape index (κ3) is 2.04. The van der Waals surface area contributed by atoms with E-state index in [9.17, 15) is 0 Å². The summed E-state index contributed by atoms with van der Waals surface area (Å²) in [7, 11) is 0. The maximum Gasteiger partial charge on any atom is 0.226 e. The van der Waals surface area contributed by atoms with Crippen molar-refractivity contribution >= 4 is 28.5 Å². The zero-order chi connectivity index (χ0) is 12.5. The molecule has 92 valence electrons. The number of fused-ring (bicyclic) bond motifs is 1. The van der Waals surface area contributed by atoms with Gasteiger partial charge in [-0.15, -0.1) is 0 Å². The molecule has 18 heavy (non-hydrogen) atoms. The van der Waals surface area contributed by atoms with Gasteiger partial charge in [-0.25, -0.2) is 4.98 Å². The van der Waals surface area contributed by atoms with Gasteiger partial charge in [-0.05, 0) is 36.7 Å². The number of nitrogens with one attached hydrogen (secondary N) is 2. The fourth-order valence-electron chi connectivity index (χ4n) is 1.83. The summed E-state index contributed by atoms with van der Waals surface area (Å²) < 4.78 is 5.26. The molecule has 0 atom stereocenters. The Labute approximate surface area is 108 Å². The van der Waals surface area contributed by atoms with Crippen LogP contribution in [0.5, 0.6) is 0 Å². The second-order valence-electron chi connectivity index (χ2n) is 3.99. The molecule has 0 bridgehead atoms. The van der Waals surface area contributed by atoms with Crippen molar-refractivity contribution in [2.24, 2.45) is 0 Å². The largest absolute Gasteiger partial charge is 0.467 e. The first kappa shape index (κ1) is 11.1. The number of hydrogen-bond acceptors (Lipinski definition) is 4. The van der Waals surface area contributed by atoms with Crippen molar-refractivity contribution in [1.29, 1.82) is 0 Å². The van der Waals surface area contributed by atoms with Gasteiger partial charge in [0.15, 0.2) is 0 Å². The molecular formula is C12H11ClN4O. The van der Waals surface area contributed by atoms with E-state index < -0.39 is 0 Å². The molecule has 3 aromatic heterocycles. The molecule has 0 aliphatic rings. The molecule has 0 aliphatic carbocycles. The van der Waals surface area contributed by atoms with E-state index >= 15 is 0 Å². The van der Waals surface area contributed by atoms with E-state index in [1.54, 1.807) is 6.26 Å². The smallest absolute Gasteiger partial charge is 0.226 e. The monoisotopic (exact) mass is 262 g/mol. The van der Waals surface area contributed by atoms with Crippen molar-refractivity contribution in [3.05, 3.63) is 41.2 Å². The van der Waals surface area contributed by atoms with E-state index in [4.69, 9.17) is 16.0 Å². The molecule has 0 amide bonds. The Kier molecular flexibility index (Phi) is 2.68. The Morgan fingerprint density at radius 3 is 3.11 bits per heavy atom. The molecule has 6 heteroatoms. The lowest BCUT2D eigenvalue weighted by Crippen LogP contribution is -2.01. The van der Waals surface area contributed by atoms with Crippen LogP contribution in [0.2, 0.25) is 5.28 Å². The highest BCUT2D eigenvalue weighted by Gasteiger charge is 2.09. The third-order valence-electron chi connectivity index (χ3n) is 2.60. The number of halogens is 1. The summed E-state index contributed by atoms with van der Waals surface area (Å²) in [5, 5.41) is 4.33. The number of anilines is 1. The lowest BCUT2D eigenvalue weighted by molar-refractivity contribution is 0.518. The van der Waals surface area contributed by atoms with Crippen LogP contribution < -0.4 is 5.32 Å². The van der Waals surface area contributed by atoms with Gasteiger partial charge >= 0.3 is 0 Å². The number of rotatable bonds is 3. The van der Waals surface area contributed by atoms with E-state index in [0.29, 0.717) is 12.4 Å². The Hall–Kier alpha value is -2.01. The SMILES string of the molecule is Cc1cc2c(NCc3ccco3)nc(Cl)nc2[nH]1. The van der Waals surface area contributed by atoms with E-state index in [0.717, 1.165) is 22.5 Å². The Bertz CT molecular complexity index is 675. The van der Waals surface area contributed by atoms with Gasteiger partial charge in [-0.1, -0.05) is 0 Å². The summed E-state index contributed by atoms with van der Waals surface area (Å²) >= 11 is 5.89. The molecule has 0 aliphatic heterocycles. The zero-order valence-corrected chi connectivity index (χ0v) is 10.5. The first-order valence-electron chi connectivity index (χ1n) is 5.51. The van der Waals surface area contributed by atoms with E-state index in [1.807, 2.05) is 25.1 Å². The molecule has 3 aromatic rings. The molecule has 0 saturated heterocycles. The molecule has 2 N–H and O–H groups in total. The normalized spacial score (nSPS) is 11.0. The van der Waals surface area contributed by atoms with E-state index in [2.05, 4.69) is 20.3 Å². The predicted octanol–water partition coefficient (Wildman–Crippen LogP) is 3.12. The summed E-state index contributed by atoms with van der Waals surface area (Å²) in [6.45, 7) is 2.52. The van der Waals surface area contributed by atoms with Crippen LogP contribution in [0.4, 0.5) is 5.82 Å². The summed E-state index contributed by atoms with van der Waals surface area (Å²) in [6, 6.07) is 5.73. The Balaban J connectivity index is 1.95. The number of aryl methyl sites for hydroxylation is 1. The van der Waals surface area contributed by atoms with Gasteiger partial charge in [0.25, 0.3) is 0 Å². The number of hydrogen-bond donors (Lipinski definition) is 2. The van der Waals surface area contributed by atoms with Crippen molar-refractivity contribution < 1.29 is 4.42 Å². The number of nitrogens with zero attached hydrogens (tertiary/aromatic N) is 2. The topological polar surface area (TPSA) is 66.7 Å². The standard InChI is InChI=1S/C12H11ClN4O/c1-7-5-9-10(14-6-8-3-2-4-18-8)16-12(13)17-11(9)15-7/h2-5H,6H2,1H3,(H2,14,15,16,17). The van der Waals surface area contributed by atoms with Crippen molar-refractivity contribution in [2.75, 3.05) is 5.32 Å². The van der Waals surface area contributed by atoms with Gasteiger partial charge in [-0.2, -0.15) is 4.98 Å². The molecule has 0 fully saturated rings. The van der Waals surface area contributed by atoms with E-state index in [1.165, 1.54) is 0 Å². The van der Waals surface area contributed by atoms with Crippen LogP contribution in [0.3, 0.4) is 0 Å². The predicted molar refractivity (Wildman–Crippen MR) is 69.7 cm³/mol. The van der Waals surface area contributed by atoms with Crippen LogP contribution in [0.1, 0.15) is 11.5 Å². The first-order chi connectivity index (χ1) is 8.72. The number of furan rings is 1. The minimum atomic E-state index is 0.214. The third-order valence-corrected chi connectivity index (χ3v) is 2.77. The molecule has 0 aromatic carbocycles. The molecule has 0 spiro atoms. The Morgan fingerprint density at radius 2 is 2.33 bits per heavy atom. The highest BCUT2D eigenvalue weighted by molar-refractivity contribution is 6.28. The lowest BCUT2D eigenvalue weighted by Gasteiger charge is -2.04. The summed E-state index contributed by atoms with van der Waals surface area (Å²) in [4.78, 5) is 11.5. The highest BCUT2D eigenvalue weighted by atomic mass is 35.5. The zero-order valence-electron chi connectivity index (χ0n) is 9.70. The highest BCUT2D eigenvalue weighted by Crippen LogP contribution is 2.23. The summed E-state index contributed by atoms with van der Waals surface area (Å²) in [6.07, 6.45) is 1.64. The van der Waals surface area contributed by atoms with Gasteiger partial charge in [-0.3, -0.25) is 0 Å². The summed E-state index contributed by atoms with van der Waals surface area (Å²) in [5.41, 5.74) is 1.75. The average Bonchev–Trinajstić information content (AvgIpc) is 2.93. The minimum Gasteiger partial charge on any atom is -0.467 e. The van der Waals surface area contributed by atoms with Gasteiger partial charge in [0.05, 0.1) is 18.2 Å². The van der Waals surface area contributed by atoms with Crippen molar-refractivity contribution in [1.82, 2.24) is 15.0 Å². The van der Waals surface area contributed by atoms with Crippen LogP contribution in [0.15, 0.2) is 28.9 Å². The minimum absolute atomic E-state index is 0.214. The fraction of sp³-hybridized carbons (Fsp3) is 0.167. The van der Waals surface area contributed by atoms with Crippen molar-refractivity contribution in [2.45, 2.75) is 13.5 Å². The van der Waals surface area contributed by atoms with Gasteiger partial charge < -0.3 is 14.7 Å². The average molecular weight is 263 g/mol. The van der Waals surface area contributed by atoms with Crippen LogP contribution in [0, 0.1) is 6.92 Å². The van der Waals surface area contributed by atoms with Gasteiger partial charge in [0.1, 0.15) is 17.2 Å². The van der Waals surface area contributed by atoms with Crippen LogP contribution in [0.25, 0.3) is 11.0 Å². The second kappa shape index (κ2) is 4.34. The van der Waals surface area contributed by atoms with Crippen LogP contribution >= 0.6 is 11.6 Å². The quantitative estimate of drug-likeness (QED) is 0.712. The maximum atomic E-state index is 5.89. The Morgan fingerprint density at radius 1 is 1.44 bits per heavy atom. The van der Waals surface area contributed by atoms with Crippen LogP contribution in [-0.4, -0.2) is 15.0 Å². The summed E-state index contributed by atoms with van der Waals surface area (Å²) in [5.74, 6) is 1.54. The molecule has 5 nitrogen and oxygen atoms in total. The first-order valence-corrected chi connectivity index (χ1v) is 5.89. The molecule has 0 radical (unpaired) electrons. The number of H-pyrrole nitrogens is 1. The molecular weight excluding hydrogens is 252 g/mol. The fourth-order valence-corrected chi connectivity index (χ4v) is 2.00. The van der Waals surface area contributed by atoms with Gasteiger partial charge in [0.2, 0.25) is 5.28 Å². The molecule has 0 saturated carbocycles. The molecule has 0 unspecified atom stereocenters. The van der Waals surface area contributed by atoms with Crippen molar-refractivity contribution in [3.8, 4) is 0 Å². The molecule has 3 heterocycles. The number of aromatic nitrogens is 3. The van der Waals surface area contributed by atoms with Crippen molar-refractivity contribution in [3.63, 3.8) is 0 Å². The lowest BCUT2D eigenvalue weighted by atomic mass is 10.3. The van der Waals surface area contributed by atoms with Gasteiger partial charge in [0, 0.05) is 5.69 Å². The maximum absolute atomic E-state index is 5.89. The molecule has 3 rings (SSSR count). The second-order valence-corrected chi connectivity index (χ2v) is 4.33.